The van der Waals surface area contributed by atoms with Gasteiger partial charge in [0.2, 0.25) is 5.91 Å². The molecule has 17 heavy (non-hydrogen) atoms. The molecule has 3 N–H and O–H groups in total. The van der Waals surface area contributed by atoms with Crippen LogP contribution in [-0.4, -0.2) is 28.5 Å². The SMILES string of the molecule is O.O=C1NC(=O)C(CCOc2ccccc2)S1. The third kappa shape index (κ3) is 3.76. The van der Waals surface area contributed by atoms with Gasteiger partial charge in [0.15, 0.2) is 0 Å². The number of nitrogens with one attached hydrogen (secondary N) is 1. The van der Waals surface area contributed by atoms with E-state index in [0.717, 1.165) is 17.5 Å². The summed E-state index contributed by atoms with van der Waals surface area (Å²) < 4.78 is 5.45. The molecule has 1 unspecified atom stereocenters. The summed E-state index contributed by atoms with van der Waals surface area (Å²) in [7, 11) is 0. The summed E-state index contributed by atoms with van der Waals surface area (Å²) in [5.74, 6) is 0.559. The third-order valence-electron chi connectivity index (χ3n) is 2.16. The van der Waals surface area contributed by atoms with Crippen LogP contribution in [0.15, 0.2) is 30.3 Å². The Hall–Kier alpha value is -1.53. The van der Waals surface area contributed by atoms with E-state index < -0.39 is 0 Å². The first kappa shape index (κ1) is 13.5. The first-order valence-electron chi connectivity index (χ1n) is 4.95. The maximum Gasteiger partial charge on any atom is 0.286 e. The van der Waals surface area contributed by atoms with Gasteiger partial charge in [-0.2, -0.15) is 0 Å². The number of rotatable bonds is 4. The van der Waals surface area contributed by atoms with Crippen LogP contribution in [0.5, 0.6) is 5.75 Å². The molecule has 0 radical (unpaired) electrons. The summed E-state index contributed by atoms with van der Waals surface area (Å²) in [6, 6.07) is 9.39. The van der Waals surface area contributed by atoms with Crippen molar-refractivity contribution < 1.29 is 19.8 Å². The number of imide groups is 1. The highest BCUT2D eigenvalue weighted by molar-refractivity contribution is 8.15. The smallest absolute Gasteiger partial charge is 0.286 e. The summed E-state index contributed by atoms with van der Waals surface area (Å²) in [4.78, 5) is 22.1. The van der Waals surface area contributed by atoms with Crippen molar-refractivity contribution in [3.63, 3.8) is 0 Å². The number of para-hydroxylation sites is 1. The van der Waals surface area contributed by atoms with Crippen molar-refractivity contribution in [2.24, 2.45) is 0 Å². The van der Waals surface area contributed by atoms with E-state index in [-0.39, 0.29) is 21.9 Å². The largest absolute Gasteiger partial charge is 0.494 e. The van der Waals surface area contributed by atoms with Crippen molar-refractivity contribution in [1.82, 2.24) is 5.32 Å². The maximum absolute atomic E-state index is 11.2. The lowest BCUT2D eigenvalue weighted by Crippen LogP contribution is -2.25. The van der Waals surface area contributed by atoms with Gasteiger partial charge in [-0.3, -0.25) is 14.9 Å². The Morgan fingerprint density at radius 3 is 2.53 bits per heavy atom. The minimum atomic E-state index is -0.309. The standard InChI is InChI=1S/C11H11NO3S.H2O/c13-10-9(16-11(14)12-10)6-7-15-8-4-2-1-3-5-8;/h1-5,9H,6-7H2,(H,12,13,14);1H2. The highest BCUT2D eigenvalue weighted by Gasteiger charge is 2.31. The molecule has 2 amide bonds. The van der Waals surface area contributed by atoms with E-state index in [0.29, 0.717) is 13.0 Å². The Morgan fingerprint density at radius 2 is 1.94 bits per heavy atom. The minimum Gasteiger partial charge on any atom is -0.494 e. The Morgan fingerprint density at radius 1 is 1.24 bits per heavy atom. The Kier molecular flexibility index (Phi) is 4.99. The second-order valence-corrected chi connectivity index (χ2v) is 4.51. The first-order valence-corrected chi connectivity index (χ1v) is 5.83. The number of ether oxygens (including phenoxy) is 1. The van der Waals surface area contributed by atoms with Gasteiger partial charge in [0.25, 0.3) is 5.24 Å². The van der Waals surface area contributed by atoms with Crippen LogP contribution in [0.2, 0.25) is 0 Å². The zero-order chi connectivity index (χ0) is 11.4. The van der Waals surface area contributed by atoms with E-state index in [4.69, 9.17) is 4.74 Å². The number of carbonyl (C=O) groups is 2. The van der Waals surface area contributed by atoms with Crippen LogP contribution in [0, 0.1) is 0 Å². The molecule has 1 aliphatic rings. The van der Waals surface area contributed by atoms with E-state index in [1.807, 2.05) is 30.3 Å². The lowest BCUT2D eigenvalue weighted by Gasteiger charge is -2.07. The van der Waals surface area contributed by atoms with Gasteiger partial charge in [-0.15, -0.1) is 0 Å². The minimum absolute atomic E-state index is 0. The van der Waals surface area contributed by atoms with Crippen LogP contribution in [0.4, 0.5) is 4.79 Å². The highest BCUT2D eigenvalue weighted by Crippen LogP contribution is 2.22. The van der Waals surface area contributed by atoms with Crippen LogP contribution < -0.4 is 10.1 Å². The van der Waals surface area contributed by atoms with Crippen molar-refractivity contribution in [3.8, 4) is 5.75 Å². The average molecular weight is 255 g/mol. The van der Waals surface area contributed by atoms with E-state index in [1.54, 1.807) is 0 Å². The molecule has 1 saturated heterocycles. The lowest BCUT2D eigenvalue weighted by molar-refractivity contribution is -0.119. The fourth-order valence-electron chi connectivity index (χ4n) is 1.38. The molecule has 6 heteroatoms. The molecular formula is C11H13NO4S. The van der Waals surface area contributed by atoms with Crippen molar-refractivity contribution in [1.29, 1.82) is 0 Å². The molecule has 1 aromatic rings. The van der Waals surface area contributed by atoms with Crippen LogP contribution in [0.3, 0.4) is 0 Å². The number of carbonyl (C=O) groups excluding carboxylic acids is 2. The Bertz CT molecular complexity index is 396. The van der Waals surface area contributed by atoms with Gasteiger partial charge in [0, 0.05) is 6.42 Å². The summed E-state index contributed by atoms with van der Waals surface area (Å²) >= 11 is 1.03. The monoisotopic (exact) mass is 255 g/mol. The average Bonchev–Trinajstić information content (AvgIpc) is 2.59. The normalized spacial score (nSPS) is 18.5. The number of hydrogen-bond acceptors (Lipinski definition) is 4. The van der Waals surface area contributed by atoms with Crippen molar-refractivity contribution in [2.75, 3.05) is 6.61 Å². The van der Waals surface area contributed by atoms with Crippen LogP contribution >= 0.6 is 11.8 Å². The van der Waals surface area contributed by atoms with Crippen LogP contribution in [0.1, 0.15) is 6.42 Å². The van der Waals surface area contributed by atoms with Crippen molar-refractivity contribution in [3.05, 3.63) is 30.3 Å². The van der Waals surface area contributed by atoms with Crippen LogP contribution in [0.25, 0.3) is 0 Å². The lowest BCUT2D eigenvalue weighted by atomic mass is 10.3. The zero-order valence-corrected chi connectivity index (χ0v) is 9.83. The molecule has 92 valence electrons. The van der Waals surface area contributed by atoms with Crippen molar-refractivity contribution >= 4 is 22.9 Å². The van der Waals surface area contributed by atoms with E-state index in [2.05, 4.69) is 5.32 Å². The highest BCUT2D eigenvalue weighted by atomic mass is 32.2. The predicted molar refractivity (Wildman–Crippen MR) is 65.1 cm³/mol. The molecule has 0 aliphatic carbocycles. The van der Waals surface area contributed by atoms with Gasteiger partial charge in [-0.1, -0.05) is 30.0 Å². The number of thioether (sulfide) groups is 1. The maximum atomic E-state index is 11.2. The molecular weight excluding hydrogens is 242 g/mol. The second kappa shape index (κ2) is 6.27. The molecule has 0 bridgehead atoms. The van der Waals surface area contributed by atoms with E-state index in [9.17, 15) is 9.59 Å². The quantitative estimate of drug-likeness (QED) is 0.868. The molecule has 1 fully saturated rings. The topological polar surface area (TPSA) is 86.9 Å². The fourth-order valence-corrected chi connectivity index (χ4v) is 2.18. The van der Waals surface area contributed by atoms with Gasteiger partial charge < -0.3 is 10.2 Å². The predicted octanol–water partition coefficient (Wildman–Crippen LogP) is 0.982. The van der Waals surface area contributed by atoms with E-state index >= 15 is 0 Å². The molecule has 1 atom stereocenters. The number of amides is 2. The Labute approximate surface area is 103 Å². The molecule has 0 saturated carbocycles. The summed E-state index contributed by atoms with van der Waals surface area (Å²) in [5.41, 5.74) is 0. The van der Waals surface area contributed by atoms with Gasteiger partial charge in [0.05, 0.1) is 11.9 Å². The van der Waals surface area contributed by atoms with Gasteiger partial charge >= 0.3 is 0 Å². The first-order chi connectivity index (χ1) is 7.75. The third-order valence-corrected chi connectivity index (χ3v) is 3.21. The Balaban J connectivity index is 0.00000144. The molecule has 0 aromatic heterocycles. The van der Waals surface area contributed by atoms with Gasteiger partial charge in [-0.05, 0) is 12.1 Å². The second-order valence-electron chi connectivity index (χ2n) is 3.33. The molecule has 1 aliphatic heterocycles. The molecule has 2 rings (SSSR count). The number of benzene rings is 1. The van der Waals surface area contributed by atoms with Gasteiger partial charge in [-0.25, -0.2) is 0 Å². The summed E-state index contributed by atoms with van der Waals surface area (Å²) in [6.45, 7) is 0.433. The summed E-state index contributed by atoms with van der Waals surface area (Å²) in [6.07, 6.45) is 0.539. The fraction of sp³-hybridized carbons (Fsp3) is 0.273. The van der Waals surface area contributed by atoms with E-state index in [1.165, 1.54) is 0 Å². The summed E-state index contributed by atoms with van der Waals surface area (Å²) in [5, 5.41) is 1.67. The van der Waals surface area contributed by atoms with Crippen LogP contribution in [-0.2, 0) is 4.79 Å². The molecule has 1 heterocycles. The van der Waals surface area contributed by atoms with Gasteiger partial charge in [0.1, 0.15) is 5.75 Å². The molecule has 0 spiro atoms. The van der Waals surface area contributed by atoms with Crippen molar-refractivity contribution in [2.45, 2.75) is 11.7 Å². The molecule has 5 nitrogen and oxygen atoms in total. The zero-order valence-electron chi connectivity index (χ0n) is 9.01. The molecule has 1 aromatic carbocycles. The number of hydrogen-bond donors (Lipinski definition) is 1.